The van der Waals surface area contributed by atoms with Crippen molar-refractivity contribution in [2.75, 3.05) is 18.9 Å². The summed E-state index contributed by atoms with van der Waals surface area (Å²) < 4.78 is 0. The molecular weight excluding hydrogens is 264 g/mol. The third-order valence-corrected chi connectivity index (χ3v) is 3.10. The minimum Gasteiger partial charge on any atom is -0.326 e. The lowest BCUT2D eigenvalue weighted by atomic mass is 10.2. The molecule has 110 valence electrons. The van der Waals surface area contributed by atoms with Crippen LogP contribution in [0.2, 0.25) is 0 Å². The van der Waals surface area contributed by atoms with Crippen molar-refractivity contribution in [3.05, 3.63) is 59.9 Å². The first-order valence-corrected chi connectivity index (χ1v) is 6.84. The van der Waals surface area contributed by atoms with Crippen molar-refractivity contribution >= 4 is 11.6 Å². The van der Waals surface area contributed by atoms with E-state index in [1.54, 1.807) is 12.4 Å². The van der Waals surface area contributed by atoms with Crippen molar-refractivity contribution in [3.63, 3.8) is 0 Å². The number of aromatic nitrogens is 1. The highest BCUT2D eigenvalue weighted by atomic mass is 16.2. The Morgan fingerprint density at radius 3 is 2.81 bits per heavy atom. The van der Waals surface area contributed by atoms with Crippen molar-refractivity contribution in [3.8, 4) is 0 Å². The lowest BCUT2D eigenvalue weighted by Gasteiger charge is -2.17. The molecule has 5 nitrogen and oxygen atoms in total. The van der Waals surface area contributed by atoms with Gasteiger partial charge in [-0.05, 0) is 30.3 Å². The number of likely N-dealkylation sites (N-methyl/N-ethyl adjacent to an activating group) is 1. The predicted octanol–water partition coefficient (Wildman–Crippen LogP) is 1.61. The van der Waals surface area contributed by atoms with Crippen LogP contribution < -0.4 is 11.1 Å². The van der Waals surface area contributed by atoms with E-state index < -0.39 is 0 Å². The van der Waals surface area contributed by atoms with Crippen molar-refractivity contribution in [2.24, 2.45) is 5.73 Å². The van der Waals surface area contributed by atoms with Gasteiger partial charge in [0.15, 0.2) is 0 Å². The molecule has 0 atom stereocenters. The average Bonchev–Trinajstić information content (AvgIpc) is 2.48. The molecule has 2 rings (SSSR count). The van der Waals surface area contributed by atoms with E-state index in [0.29, 0.717) is 19.6 Å². The first kappa shape index (κ1) is 15.2. The number of carbonyl (C=O) groups is 1. The maximum Gasteiger partial charge on any atom is 0.238 e. The maximum atomic E-state index is 12.1. The van der Waals surface area contributed by atoms with Crippen molar-refractivity contribution in [1.82, 2.24) is 9.88 Å². The van der Waals surface area contributed by atoms with Crippen LogP contribution in [0.4, 0.5) is 5.69 Å². The smallest absolute Gasteiger partial charge is 0.238 e. The fraction of sp³-hybridized carbons (Fsp3) is 0.250. The molecule has 0 aliphatic carbocycles. The Morgan fingerprint density at radius 2 is 2.10 bits per heavy atom. The molecule has 5 heteroatoms. The number of pyridine rings is 1. The van der Waals surface area contributed by atoms with Gasteiger partial charge < -0.3 is 11.1 Å². The molecule has 0 saturated heterocycles. The van der Waals surface area contributed by atoms with E-state index in [4.69, 9.17) is 5.73 Å². The van der Waals surface area contributed by atoms with E-state index in [0.717, 1.165) is 16.8 Å². The highest BCUT2D eigenvalue weighted by Gasteiger charge is 2.09. The van der Waals surface area contributed by atoms with E-state index in [-0.39, 0.29) is 5.91 Å². The predicted molar refractivity (Wildman–Crippen MR) is 83.5 cm³/mol. The Bertz CT molecular complexity index is 586. The summed E-state index contributed by atoms with van der Waals surface area (Å²) in [5.74, 6) is -0.0534. The number of para-hydroxylation sites is 1. The van der Waals surface area contributed by atoms with Crippen LogP contribution in [0.1, 0.15) is 11.1 Å². The molecule has 1 aromatic carbocycles. The first-order valence-electron chi connectivity index (χ1n) is 6.84. The second kappa shape index (κ2) is 7.52. The molecule has 3 N–H and O–H groups in total. The van der Waals surface area contributed by atoms with Gasteiger partial charge >= 0.3 is 0 Å². The summed E-state index contributed by atoms with van der Waals surface area (Å²) in [5, 5.41) is 2.90. The molecule has 0 aliphatic heterocycles. The summed E-state index contributed by atoms with van der Waals surface area (Å²) in [6.07, 6.45) is 3.54. The summed E-state index contributed by atoms with van der Waals surface area (Å²) >= 11 is 0. The molecule has 0 radical (unpaired) electrons. The van der Waals surface area contributed by atoms with Crippen LogP contribution in [-0.4, -0.2) is 29.4 Å². The van der Waals surface area contributed by atoms with Gasteiger partial charge in [0.2, 0.25) is 5.91 Å². The fourth-order valence-electron chi connectivity index (χ4n) is 2.11. The largest absolute Gasteiger partial charge is 0.326 e. The number of benzene rings is 1. The second-order valence-corrected chi connectivity index (χ2v) is 4.94. The standard InChI is InChI=1S/C16H20N4O/c1-20(11-13-5-4-8-18-10-13)12-16(21)19-15-7-3-2-6-14(15)9-17/h2-8,10H,9,11-12,17H2,1H3,(H,19,21). The molecule has 0 aliphatic rings. The molecule has 21 heavy (non-hydrogen) atoms. The van der Waals surface area contributed by atoms with E-state index in [1.165, 1.54) is 0 Å². The topological polar surface area (TPSA) is 71.2 Å². The number of hydrogen-bond acceptors (Lipinski definition) is 4. The lowest BCUT2D eigenvalue weighted by Crippen LogP contribution is -2.30. The highest BCUT2D eigenvalue weighted by Crippen LogP contribution is 2.14. The molecule has 0 fully saturated rings. The van der Waals surface area contributed by atoms with E-state index in [9.17, 15) is 4.79 Å². The molecule has 0 unspecified atom stereocenters. The van der Waals surface area contributed by atoms with Gasteiger partial charge in [-0.15, -0.1) is 0 Å². The van der Waals surface area contributed by atoms with Crippen molar-refractivity contribution in [1.29, 1.82) is 0 Å². The molecule has 1 aromatic heterocycles. The zero-order valence-corrected chi connectivity index (χ0v) is 12.1. The number of amides is 1. The number of nitrogens with two attached hydrogens (primary N) is 1. The van der Waals surface area contributed by atoms with Gasteiger partial charge in [-0.3, -0.25) is 14.7 Å². The third-order valence-electron chi connectivity index (χ3n) is 3.10. The molecule has 0 bridgehead atoms. The number of nitrogens with zero attached hydrogens (tertiary/aromatic N) is 2. The number of rotatable bonds is 6. The van der Waals surface area contributed by atoms with Gasteiger partial charge in [-0.1, -0.05) is 24.3 Å². The monoisotopic (exact) mass is 284 g/mol. The van der Waals surface area contributed by atoms with Gasteiger partial charge in [0, 0.05) is 31.2 Å². The molecule has 2 aromatic rings. The SMILES string of the molecule is CN(CC(=O)Nc1ccccc1CN)Cc1cccnc1. The Morgan fingerprint density at radius 1 is 1.29 bits per heavy atom. The third kappa shape index (κ3) is 4.66. The first-order chi connectivity index (χ1) is 10.2. The van der Waals surface area contributed by atoms with Crippen LogP contribution in [-0.2, 0) is 17.9 Å². The average molecular weight is 284 g/mol. The summed E-state index contributed by atoms with van der Waals surface area (Å²) in [4.78, 5) is 18.1. The quantitative estimate of drug-likeness (QED) is 0.845. The van der Waals surface area contributed by atoms with Crippen LogP contribution >= 0.6 is 0 Å². The van der Waals surface area contributed by atoms with Crippen LogP contribution in [0.15, 0.2) is 48.8 Å². The molecular formula is C16H20N4O. The summed E-state index contributed by atoms with van der Waals surface area (Å²) in [6, 6.07) is 11.4. The van der Waals surface area contributed by atoms with E-state index in [1.807, 2.05) is 48.3 Å². The van der Waals surface area contributed by atoms with Gasteiger partial charge in [-0.2, -0.15) is 0 Å². The molecule has 1 amide bonds. The zero-order valence-electron chi connectivity index (χ0n) is 12.1. The van der Waals surface area contributed by atoms with Crippen LogP contribution in [0, 0.1) is 0 Å². The number of carbonyl (C=O) groups excluding carboxylic acids is 1. The number of anilines is 1. The lowest BCUT2D eigenvalue weighted by molar-refractivity contribution is -0.117. The van der Waals surface area contributed by atoms with Crippen molar-refractivity contribution in [2.45, 2.75) is 13.1 Å². The summed E-state index contributed by atoms with van der Waals surface area (Å²) in [7, 11) is 1.90. The van der Waals surface area contributed by atoms with Crippen LogP contribution in [0.3, 0.4) is 0 Å². The normalized spacial score (nSPS) is 10.6. The Kier molecular flexibility index (Phi) is 5.43. The van der Waals surface area contributed by atoms with E-state index >= 15 is 0 Å². The van der Waals surface area contributed by atoms with Gasteiger partial charge in [0.1, 0.15) is 0 Å². The minimum absolute atomic E-state index is 0.0534. The maximum absolute atomic E-state index is 12.1. The van der Waals surface area contributed by atoms with E-state index in [2.05, 4.69) is 10.3 Å². The Balaban J connectivity index is 1.89. The number of hydrogen-bond donors (Lipinski definition) is 2. The fourth-order valence-corrected chi connectivity index (χ4v) is 2.11. The highest BCUT2D eigenvalue weighted by molar-refractivity contribution is 5.92. The minimum atomic E-state index is -0.0534. The number of nitrogens with one attached hydrogen (secondary N) is 1. The molecule has 0 saturated carbocycles. The Labute approximate surface area is 124 Å². The Hall–Kier alpha value is -2.24. The van der Waals surface area contributed by atoms with Gasteiger partial charge in [-0.25, -0.2) is 0 Å². The van der Waals surface area contributed by atoms with Crippen LogP contribution in [0.5, 0.6) is 0 Å². The van der Waals surface area contributed by atoms with Crippen LogP contribution in [0.25, 0.3) is 0 Å². The molecule has 0 spiro atoms. The summed E-state index contributed by atoms with van der Waals surface area (Å²) in [6.45, 7) is 1.40. The van der Waals surface area contributed by atoms with Gasteiger partial charge in [0.25, 0.3) is 0 Å². The second-order valence-electron chi connectivity index (χ2n) is 4.94. The van der Waals surface area contributed by atoms with Crippen molar-refractivity contribution < 1.29 is 4.79 Å². The summed E-state index contributed by atoms with van der Waals surface area (Å²) in [5.41, 5.74) is 8.45. The molecule has 1 heterocycles. The van der Waals surface area contributed by atoms with Gasteiger partial charge in [0.05, 0.1) is 6.54 Å². The zero-order chi connectivity index (χ0) is 15.1.